The molecular weight excluding hydrogens is 140 g/mol. The first-order chi connectivity index (χ1) is 4.79. The summed E-state index contributed by atoms with van der Waals surface area (Å²) in [6.07, 6.45) is 1.69. The molecule has 1 aromatic carbocycles. The van der Waals surface area contributed by atoms with Crippen LogP contribution < -0.4 is 0 Å². The van der Waals surface area contributed by atoms with Gasteiger partial charge >= 0.3 is 0 Å². The Kier molecular flexibility index (Phi) is 5.13. The molecule has 0 spiro atoms. The monoisotopic (exact) mass is 154 g/mol. The molecule has 0 atom stereocenters. The largest absolute Gasteiger partial charge is 0.183 e. The number of hydrogen-bond donors (Lipinski definition) is 1. The zero-order valence-corrected chi connectivity index (χ0v) is 7.65. The maximum Gasteiger partial charge on any atom is -0.0215 e. The normalized spacial score (nSPS) is 8.00. The second kappa shape index (κ2) is 5.36. The van der Waals surface area contributed by atoms with Crippen LogP contribution in [0, 0.1) is 13.8 Å². The van der Waals surface area contributed by atoms with E-state index in [1.54, 1.807) is 6.26 Å². The van der Waals surface area contributed by atoms with E-state index in [0.717, 1.165) is 0 Å². The van der Waals surface area contributed by atoms with Gasteiger partial charge < -0.3 is 0 Å². The zero-order chi connectivity index (χ0) is 7.98. The first-order valence-electron chi connectivity index (χ1n) is 3.27. The van der Waals surface area contributed by atoms with Crippen LogP contribution in [0.4, 0.5) is 0 Å². The van der Waals surface area contributed by atoms with E-state index in [1.807, 2.05) is 0 Å². The minimum absolute atomic E-state index is 1.34. The van der Waals surface area contributed by atoms with Crippen molar-refractivity contribution in [1.29, 1.82) is 0 Å². The van der Waals surface area contributed by atoms with Gasteiger partial charge in [0, 0.05) is 0 Å². The summed E-state index contributed by atoms with van der Waals surface area (Å²) in [5.74, 6) is 0. The highest BCUT2D eigenvalue weighted by Crippen LogP contribution is 2.00. The summed E-state index contributed by atoms with van der Waals surface area (Å²) in [5.41, 5.74) is 2.68. The van der Waals surface area contributed by atoms with E-state index < -0.39 is 0 Å². The second-order valence-electron chi connectivity index (χ2n) is 2.16. The number of aryl methyl sites for hydroxylation is 2. The molecule has 0 amide bonds. The number of thiol groups is 1. The van der Waals surface area contributed by atoms with Gasteiger partial charge in [0.15, 0.2) is 0 Å². The molecule has 0 heterocycles. The van der Waals surface area contributed by atoms with Crippen molar-refractivity contribution in [1.82, 2.24) is 0 Å². The highest BCUT2D eigenvalue weighted by molar-refractivity contribution is 7.79. The summed E-state index contributed by atoms with van der Waals surface area (Å²) in [5, 5.41) is 0. The van der Waals surface area contributed by atoms with Gasteiger partial charge in [-0.2, -0.15) is 12.6 Å². The molecule has 0 aliphatic heterocycles. The van der Waals surface area contributed by atoms with Gasteiger partial charge in [-0.3, -0.25) is 0 Å². The van der Waals surface area contributed by atoms with Crippen LogP contribution in [0.3, 0.4) is 0 Å². The standard InChI is InChI=1S/C8H10.CH4S/c1-7-4-3-5-8(2)6-7;1-2/h3-6H,1-2H3;2H,1H3. The van der Waals surface area contributed by atoms with Crippen LogP contribution in [-0.2, 0) is 0 Å². The average molecular weight is 154 g/mol. The van der Waals surface area contributed by atoms with E-state index in [2.05, 4.69) is 50.7 Å². The number of hydrogen-bond acceptors (Lipinski definition) is 1. The Morgan fingerprint density at radius 3 is 1.60 bits per heavy atom. The highest BCUT2D eigenvalue weighted by atomic mass is 32.1. The van der Waals surface area contributed by atoms with Crippen LogP contribution in [0.15, 0.2) is 24.3 Å². The molecule has 0 unspecified atom stereocenters. The third-order valence-corrected chi connectivity index (χ3v) is 1.17. The lowest BCUT2D eigenvalue weighted by molar-refractivity contribution is 1.39. The third-order valence-electron chi connectivity index (χ3n) is 1.17. The fourth-order valence-electron chi connectivity index (χ4n) is 0.807. The van der Waals surface area contributed by atoms with Crippen molar-refractivity contribution in [3.05, 3.63) is 35.4 Å². The highest BCUT2D eigenvalue weighted by Gasteiger charge is 1.80. The van der Waals surface area contributed by atoms with Crippen LogP contribution >= 0.6 is 12.6 Å². The van der Waals surface area contributed by atoms with Gasteiger partial charge in [-0.1, -0.05) is 35.4 Å². The van der Waals surface area contributed by atoms with E-state index in [1.165, 1.54) is 11.1 Å². The Labute approximate surface area is 68.7 Å². The van der Waals surface area contributed by atoms with Gasteiger partial charge in [0.2, 0.25) is 0 Å². The van der Waals surface area contributed by atoms with Gasteiger partial charge in [-0.25, -0.2) is 0 Å². The molecule has 0 nitrogen and oxygen atoms in total. The predicted molar refractivity (Wildman–Crippen MR) is 50.8 cm³/mol. The van der Waals surface area contributed by atoms with Crippen molar-refractivity contribution in [3.63, 3.8) is 0 Å². The minimum atomic E-state index is 1.34. The molecule has 56 valence electrons. The zero-order valence-electron chi connectivity index (χ0n) is 6.76. The fraction of sp³-hybridized carbons (Fsp3) is 0.333. The summed E-state index contributed by atoms with van der Waals surface area (Å²) in [6.45, 7) is 4.21. The maximum atomic E-state index is 3.53. The van der Waals surface area contributed by atoms with Gasteiger partial charge in [-0.05, 0) is 20.1 Å². The Bertz CT molecular complexity index is 165. The van der Waals surface area contributed by atoms with E-state index in [-0.39, 0.29) is 0 Å². The van der Waals surface area contributed by atoms with E-state index in [0.29, 0.717) is 0 Å². The van der Waals surface area contributed by atoms with Crippen molar-refractivity contribution >= 4 is 12.6 Å². The predicted octanol–water partition coefficient (Wildman–Crippen LogP) is 2.85. The lowest BCUT2D eigenvalue weighted by Crippen LogP contribution is -1.71. The average Bonchev–Trinajstić information content (AvgIpc) is 1.91. The van der Waals surface area contributed by atoms with Gasteiger partial charge in [0.25, 0.3) is 0 Å². The Morgan fingerprint density at radius 1 is 1.00 bits per heavy atom. The second-order valence-corrected chi connectivity index (χ2v) is 2.16. The molecule has 0 fully saturated rings. The summed E-state index contributed by atoms with van der Waals surface area (Å²) >= 11 is 3.53. The van der Waals surface area contributed by atoms with Crippen molar-refractivity contribution in [2.75, 3.05) is 6.26 Å². The van der Waals surface area contributed by atoms with Crippen molar-refractivity contribution < 1.29 is 0 Å². The molecule has 0 bridgehead atoms. The fourth-order valence-corrected chi connectivity index (χ4v) is 0.807. The van der Waals surface area contributed by atoms with E-state index in [4.69, 9.17) is 0 Å². The summed E-state index contributed by atoms with van der Waals surface area (Å²) < 4.78 is 0. The van der Waals surface area contributed by atoms with Crippen LogP contribution in [0.25, 0.3) is 0 Å². The van der Waals surface area contributed by atoms with Crippen LogP contribution in [-0.4, -0.2) is 6.26 Å². The Morgan fingerprint density at radius 2 is 1.40 bits per heavy atom. The van der Waals surface area contributed by atoms with Crippen molar-refractivity contribution in [2.45, 2.75) is 13.8 Å². The summed E-state index contributed by atoms with van der Waals surface area (Å²) in [4.78, 5) is 0. The molecule has 1 rings (SSSR count). The lowest BCUT2D eigenvalue weighted by atomic mass is 10.2. The summed E-state index contributed by atoms with van der Waals surface area (Å²) in [6, 6.07) is 8.45. The van der Waals surface area contributed by atoms with Crippen molar-refractivity contribution in [2.24, 2.45) is 0 Å². The van der Waals surface area contributed by atoms with Crippen LogP contribution in [0.5, 0.6) is 0 Å². The van der Waals surface area contributed by atoms with Gasteiger partial charge in [0.1, 0.15) is 0 Å². The SMILES string of the molecule is CS.Cc1cccc(C)c1. The van der Waals surface area contributed by atoms with Gasteiger partial charge in [-0.15, -0.1) is 0 Å². The minimum Gasteiger partial charge on any atom is -0.183 e. The molecule has 0 aliphatic carbocycles. The van der Waals surface area contributed by atoms with Gasteiger partial charge in [0.05, 0.1) is 0 Å². The van der Waals surface area contributed by atoms with Crippen molar-refractivity contribution in [3.8, 4) is 0 Å². The molecule has 1 heteroatoms. The third kappa shape index (κ3) is 3.57. The quantitative estimate of drug-likeness (QED) is 0.546. The first kappa shape index (κ1) is 9.57. The maximum absolute atomic E-state index is 3.53. The molecule has 0 saturated heterocycles. The molecular formula is C9H14S. The van der Waals surface area contributed by atoms with Crippen LogP contribution in [0.2, 0.25) is 0 Å². The molecule has 0 N–H and O–H groups in total. The first-order valence-corrected chi connectivity index (χ1v) is 4.16. The number of benzene rings is 1. The van der Waals surface area contributed by atoms with E-state index in [9.17, 15) is 0 Å². The molecule has 0 saturated carbocycles. The molecule has 0 radical (unpaired) electrons. The molecule has 0 aliphatic rings. The molecule has 10 heavy (non-hydrogen) atoms. The lowest BCUT2D eigenvalue weighted by Gasteiger charge is -1.90. The smallest absolute Gasteiger partial charge is 0.0215 e. The topological polar surface area (TPSA) is 0 Å². The summed E-state index contributed by atoms with van der Waals surface area (Å²) in [7, 11) is 0. The molecule has 1 aromatic rings. The Balaban J connectivity index is 0.000000371. The Hall–Kier alpha value is -0.430. The molecule has 0 aromatic heterocycles. The van der Waals surface area contributed by atoms with E-state index >= 15 is 0 Å². The number of rotatable bonds is 0. The van der Waals surface area contributed by atoms with Crippen LogP contribution in [0.1, 0.15) is 11.1 Å².